The predicted molar refractivity (Wildman–Crippen MR) is 85.3 cm³/mol. The maximum absolute atomic E-state index is 12.3. The van der Waals surface area contributed by atoms with Crippen molar-refractivity contribution in [1.82, 2.24) is 4.90 Å². The van der Waals surface area contributed by atoms with E-state index in [2.05, 4.69) is 0 Å². The first-order valence-corrected chi connectivity index (χ1v) is 6.60. The maximum atomic E-state index is 12.3. The zero-order valence-electron chi connectivity index (χ0n) is 12.5. The Hall–Kier alpha value is -1.78. The molecule has 0 spiro atoms. The summed E-state index contributed by atoms with van der Waals surface area (Å²) in [5.41, 5.74) is 7.99. The van der Waals surface area contributed by atoms with Crippen LogP contribution in [0.25, 0.3) is 0 Å². The van der Waals surface area contributed by atoms with E-state index in [9.17, 15) is 4.79 Å². The van der Waals surface area contributed by atoms with Gasteiger partial charge in [-0.05, 0) is 31.5 Å². The van der Waals surface area contributed by atoms with E-state index in [1.54, 1.807) is 11.9 Å². The number of hydrogen-bond donors (Lipinski definition) is 1. The minimum Gasteiger partial charge on any atom is -0.464 e. The Labute approximate surface area is 131 Å². The Kier molecular flexibility index (Phi) is 6.00. The van der Waals surface area contributed by atoms with Gasteiger partial charge in [-0.25, -0.2) is 0 Å². The number of halogens is 1. The molecule has 5 heteroatoms. The van der Waals surface area contributed by atoms with E-state index in [1.165, 1.54) is 0 Å². The van der Waals surface area contributed by atoms with Gasteiger partial charge in [-0.1, -0.05) is 29.8 Å². The lowest BCUT2D eigenvalue weighted by atomic mass is 10.0. The van der Waals surface area contributed by atoms with Crippen molar-refractivity contribution < 1.29 is 9.21 Å². The number of aryl methyl sites for hydroxylation is 2. The minimum absolute atomic E-state index is 0. The SMILES string of the molecule is Cc1ccc(C(N)C(=O)N(C)Cc2ccc(C)o2)cc1.Cl. The smallest absolute Gasteiger partial charge is 0.244 e. The van der Waals surface area contributed by atoms with Crippen LogP contribution in [-0.2, 0) is 11.3 Å². The van der Waals surface area contributed by atoms with Gasteiger partial charge in [0.15, 0.2) is 0 Å². The van der Waals surface area contributed by atoms with Crippen LogP contribution in [-0.4, -0.2) is 17.9 Å². The van der Waals surface area contributed by atoms with Gasteiger partial charge in [-0.15, -0.1) is 12.4 Å². The second-order valence-electron chi connectivity index (χ2n) is 5.10. The van der Waals surface area contributed by atoms with Crippen molar-refractivity contribution in [2.45, 2.75) is 26.4 Å². The van der Waals surface area contributed by atoms with Crippen LogP contribution >= 0.6 is 12.4 Å². The lowest BCUT2D eigenvalue weighted by molar-refractivity contribution is -0.132. The Balaban J connectivity index is 0.00000220. The van der Waals surface area contributed by atoms with Crippen molar-refractivity contribution in [2.75, 3.05) is 7.05 Å². The lowest BCUT2D eigenvalue weighted by Gasteiger charge is -2.20. The summed E-state index contributed by atoms with van der Waals surface area (Å²) in [5, 5.41) is 0. The average molecular weight is 309 g/mol. The third-order valence-electron chi connectivity index (χ3n) is 3.27. The van der Waals surface area contributed by atoms with E-state index in [1.807, 2.05) is 50.2 Å². The van der Waals surface area contributed by atoms with Crippen LogP contribution in [0.3, 0.4) is 0 Å². The van der Waals surface area contributed by atoms with E-state index in [0.29, 0.717) is 6.54 Å². The third kappa shape index (κ3) is 4.34. The molecule has 1 atom stereocenters. The summed E-state index contributed by atoms with van der Waals surface area (Å²) in [6, 6.07) is 10.8. The van der Waals surface area contributed by atoms with Crippen LogP contribution in [0.15, 0.2) is 40.8 Å². The molecule has 1 heterocycles. The standard InChI is InChI=1S/C16H20N2O2.ClH/c1-11-4-7-13(8-5-11)15(17)16(19)18(3)10-14-9-6-12(2)20-14;/h4-9,15H,10,17H2,1-3H3;1H. The average Bonchev–Trinajstić information content (AvgIpc) is 2.83. The summed E-state index contributed by atoms with van der Waals surface area (Å²) in [7, 11) is 1.73. The van der Waals surface area contributed by atoms with Crippen LogP contribution < -0.4 is 5.73 Å². The van der Waals surface area contributed by atoms with E-state index < -0.39 is 6.04 Å². The monoisotopic (exact) mass is 308 g/mol. The summed E-state index contributed by atoms with van der Waals surface area (Å²) < 4.78 is 5.47. The number of likely N-dealkylation sites (N-methyl/N-ethyl adjacent to an activating group) is 1. The molecule has 0 aliphatic rings. The number of nitrogens with two attached hydrogens (primary N) is 1. The third-order valence-corrected chi connectivity index (χ3v) is 3.27. The van der Waals surface area contributed by atoms with Crippen LogP contribution in [0.4, 0.5) is 0 Å². The van der Waals surface area contributed by atoms with Gasteiger partial charge < -0.3 is 15.1 Å². The Morgan fingerprint density at radius 2 is 1.81 bits per heavy atom. The summed E-state index contributed by atoms with van der Waals surface area (Å²) in [4.78, 5) is 13.9. The van der Waals surface area contributed by atoms with Gasteiger partial charge in [-0.2, -0.15) is 0 Å². The molecule has 1 unspecified atom stereocenters. The van der Waals surface area contributed by atoms with Crippen molar-refractivity contribution in [3.63, 3.8) is 0 Å². The first-order chi connectivity index (χ1) is 9.47. The Bertz CT molecular complexity index is 593. The molecule has 2 aromatic rings. The van der Waals surface area contributed by atoms with Gasteiger partial charge in [0, 0.05) is 7.05 Å². The summed E-state index contributed by atoms with van der Waals surface area (Å²) in [5.74, 6) is 1.47. The van der Waals surface area contributed by atoms with Crippen molar-refractivity contribution in [2.24, 2.45) is 5.73 Å². The molecule has 1 amide bonds. The quantitative estimate of drug-likeness (QED) is 0.944. The highest BCUT2D eigenvalue weighted by molar-refractivity contribution is 5.85. The van der Waals surface area contributed by atoms with Crippen molar-refractivity contribution in [1.29, 1.82) is 0 Å². The maximum Gasteiger partial charge on any atom is 0.244 e. The second-order valence-corrected chi connectivity index (χ2v) is 5.10. The summed E-state index contributed by atoms with van der Waals surface area (Å²) in [6.45, 7) is 4.30. The molecule has 2 N–H and O–H groups in total. The second kappa shape index (κ2) is 7.29. The zero-order valence-corrected chi connectivity index (χ0v) is 13.3. The first kappa shape index (κ1) is 17.3. The number of rotatable bonds is 4. The molecular weight excluding hydrogens is 288 g/mol. The molecule has 0 saturated carbocycles. The Morgan fingerprint density at radius 3 is 2.33 bits per heavy atom. The first-order valence-electron chi connectivity index (χ1n) is 6.60. The number of carbonyl (C=O) groups is 1. The molecule has 21 heavy (non-hydrogen) atoms. The number of nitrogens with zero attached hydrogens (tertiary/aromatic N) is 1. The summed E-state index contributed by atoms with van der Waals surface area (Å²) in [6.07, 6.45) is 0. The minimum atomic E-state index is -0.642. The molecule has 2 rings (SSSR count). The lowest BCUT2D eigenvalue weighted by Crippen LogP contribution is -2.35. The normalized spacial score (nSPS) is 11.6. The molecule has 1 aromatic carbocycles. The number of carbonyl (C=O) groups excluding carboxylic acids is 1. The largest absolute Gasteiger partial charge is 0.464 e. The van der Waals surface area contributed by atoms with Gasteiger partial charge in [0.25, 0.3) is 0 Å². The number of hydrogen-bond acceptors (Lipinski definition) is 3. The van der Waals surface area contributed by atoms with Crippen LogP contribution in [0.2, 0.25) is 0 Å². The fourth-order valence-corrected chi connectivity index (χ4v) is 2.04. The molecule has 0 bridgehead atoms. The highest BCUT2D eigenvalue weighted by atomic mass is 35.5. The van der Waals surface area contributed by atoms with Crippen molar-refractivity contribution in [3.8, 4) is 0 Å². The zero-order chi connectivity index (χ0) is 14.7. The topological polar surface area (TPSA) is 59.5 Å². The molecule has 0 radical (unpaired) electrons. The van der Waals surface area contributed by atoms with E-state index in [0.717, 1.165) is 22.6 Å². The predicted octanol–water partition coefficient (Wildman–Crippen LogP) is 2.98. The van der Waals surface area contributed by atoms with Crippen LogP contribution in [0.5, 0.6) is 0 Å². The molecule has 1 aromatic heterocycles. The van der Waals surface area contributed by atoms with Crippen LogP contribution in [0.1, 0.15) is 28.7 Å². The number of benzene rings is 1. The van der Waals surface area contributed by atoms with Crippen LogP contribution in [0, 0.1) is 13.8 Å². The number of furan rings is 1. The van der Waals surface area contributed by atoms with Gasteiger partial charge in [0.1, 0.15) is 17.6 Å². The molecular formula is C16H21ClN2O2. The fourth-order valence-electron chi connectivity index (χ4n) is 2.04. The molecule has 0 saturated heterocycles. The molecule has 4 nitrogen and oxygen atoms in total. The van der Waals surface area contributed by atoms with Gasteiger partial charge in [0.05, 0.1) is 6.54 Å². The fraction of sp³-hybridized carbons (Fsp3) is 0.312. The van der Waals surface area contributed by atoms with Gasteiger partial charge in [0.2, 0.25) is 5.91 Å². The van der Waals surface area contributed by atoms with E-state index in [4.69, 9.17) is 10.2 Å². The van der Waals surface area contributed by atoms with Gasteiger partial charge in [-0.3, -0.25) is 4.79 Å². The molecule has 0 aliphatic heterocycles. The number of amides is 1. The Morgan fingerprint density at radius 1 is 1.19 bits per heavy atom. The summed E-state index contributed by atoms with van der Waals surface area (Å²) >= 11 is 0. The molecule has 114 valence electrons. The molecule has 0 fully saturated rings. The van der Waals surface area contributed by atoms with Crippen molar-refractivity contribution in [3.05, 3.63) is 59.0 Å². The van der Waals surface area contributed by atoms with Gasteiger partial charge >= 0.3 is 0 Å². The highest BCUT2D eigenvalue weighted by Crippen LogP contribution is 2.16. The van der Waals surface area contributed by atoms with E-state index in [-0.39, 0.29) is 18.3 Å². The molecule has 0 aliphatic carbocycles. The highest BCUT2D eigenvalue weighted by Gasteiger charge is 2.20. The van der Waals surface area contributed by atoms with E-state index >= 15 is 0 Å². The van der Waals surface area contributed by atoms with Crippen molar-refractivity contribution >= 4 is 18.3 Å².